The summed E-state index contributed by atoms with van der Waals surface area (Å²) in [6.07, 6.45) is 0. The highest BCUT2D eigenvalue weighted by Crippen LogP contribution is 2.34. The lowest BCUT2D eigenvalue weighted by atomic mass is 10.1. The quantitative estimate of drug-likeness (QED) is 0.754. The fourth-order valence-corrected chi connectivity index (χ4v) is 2.38. The number of hydrogen-bond acceptors (Lipinski definition) is 7. The monoisotopic (exact) mass is 339 g/mol. The molecule has 7 heteroatoms. The molecule has 128 valence electrons. The molecular formula is C18H17N3O4. The minimum Gasteiger partial charge on any atom is -0.507 e. The number of methoxy groups -OCH3 is 2. The van der Waals surface area contributed by atoms with Crippen LogP contribution in [0.25, 0.3) is 22.8 Å². The van der Waals surface area contributed by atoms with Crippen molar-refractivity contribution in [2.45, 2.75) is 6.92 Å². The Balaban J connectivity index is 2.10. The highest BCUT2D eigenvalue weighted by molar-refractivity contribution is 5.70. The molecule has 0 bridgehead atoms. The number of rotatable bonds is 4. The van der Waals surface area contributed by atoms with Crippen LogP contribution >= 0.6 is 0 Å². The molecule has 0 saturated heterocycles. The Hall–Kier alpha value is -3.35. The molecule has 1 heterocycles. The van der Waals surface area contributed by atoms with Crippen molar-refractivity contribution >= 4 is 0 Å². The molecule has 0 aliphatic rings. The Kier molecular flexibility index (Phi) is 4.38. The molecule has 1 aromatic heterocycles. The van der Waals surface area contributed by atoms with Gasteiger partial charge in [0.1, 0.15) is 28.8 Å². The summed E-state index contributed by atoms with van der Waals surface area (Å²) in [4.78, 5) is 12.9. The number of benzene rings is 2. The third kappa shape index (κ3) is 3.30. The van der Waals surface area contributed by atoms with Crippen LogP contribution in [-0.4, -0.2) is 39.4 Å². The summed E-state index contributed by atoms with van der Waals surface area (Å²) in [5, 5.41) is 20.4. The molecule has 2 aromatic carbocycles. The predicted molar refractivity (Wildman–Crippen MR) is 91.9 cm³/mol. The van der Waals surface area contributed by atoms with Gasteiger partial charge in [-0.25, -0.2) is 15.0 Å². The molecule has 3 rings (SSSR count). The number of aromatic hydroxyl groups is 2. The van der Waals surface area contributed by atoms with Crippen LogP contribution in [0.5, 0.6) is 23.0 Å². The van der Waals surface area contributed by atoms with Crippen LogP contribution in [0, 0.1) is 6.92 Å². The van der Waals surface area contributed by atoms with E-state index < -0.39 is 0 Å². The van der Waals surface area contributed by atoms with Crippen molar-refractivity contribution in [1.82, 2.24) is 15.0 Å². The van der Waals surface area contributed by atoms with E-state index in [0.29, 0.717) is 40.1 Å². The lowest BCUT2D eigenvalue weighted by molar-refractivity contribution is 0.408. The van der Waals surface area contributed by atoms with Crippen molar-refractivity contribution in [3.63, 3.8) is 0 Å². The van der Waals surface area contributed by atoms with Crippen LogP contribution in [-0.2, 0) is 0 Å². The second kappa shape index (κ2) is 6.64. The molecule has 0 spiro atoms. The van der Waals surface area contributed by atoms with E-state index in [1.807, 2.05) is 0 Å². The Bertz CT molecular complexity index is 856. The minimum atomic E-state index is -0.00477. The van der Waals surface area contributed by atoms with Gasteiger partial charge in [-0.05, 0) is 31.2 Å². The summed E-state index contributed by atoms with van der Waals surface area (Å²) in [5.41, 5.74) is 0.890. The van der Waals surface area contributed by atoms with E-state index in [-0.39, 0.29) is 11.5 Å². The Morgan fingerprint density at radius 2 is 1.16 bits per heavy atom. The topological polar surface area (TPSA) is 97.6 Å². The van der Waals surface area contributed by atoms with Gasteiger partial charge >= 0.3 is 0 Å². The van der Waals surface area contributed by atoms with Crippen LogP contribution in [0.3, 0.4) is 0 Å². The molecule has 0 saturated carbocycles. The SMILES string of the molecule is COc1ccc(-c2nc(C)nc(-c3ccc(OC)cc3O)n2)c(O)c1. The van der Waals surface area contributed by atoms with E-state index in [0.717, 1.165) is 0 Å². The van der Waals surface area contributed by atoms with Crippen LogP contribution in [0.15, 0.2) is 36.4 Å². The molecule has 0 radical (unpaired) electrons. The smallest absolute Gasteiger partial charge is 0.167 e. The van der Waals surface area contributed by atoms with E-state index in [4.69, 9.17) is 9.47 Å². The maximum Gasteiger partial charge on any atom is 0.167 e. The summed E-state index contributed by atoms with van der Waals surface area (Å²) in [6.45, 7) is 1.72. The Morgan fingerprint density at radius 3 is 1.52 bits per heavy atom. The summed E-state index contributed by atoms with van der Waals surface area (Å²) in [7, 11) is 3.04. The summed E-state index contributed by atoms with van der Waals surface area (Å²) in [5.74, 6) is 2.12. The third-order valence-corrected chi connectivity index (χ3v) is 3.64. The van der Waals surface area contributed by atoms with Crippen molar-refractivity contribution in [3.8, 4) is 45.8 Å². The van der Waals surface area contributed by atoms with Gasteiger partial charge in [-0.15, -0.1) is 0 Å². The van der Waals surface area contributed by atoms with Crippen molar-refractivity contribution in [2.24, 2.45) is 0 Å². The largest absolute Gasteiger partial charge is 0.507 e. The van der Waals surface area contributed by atoms with Gasteiger partial charge in [0.2, 0.25) is 0 Å². The number of phenols is 2. The first-order chi connectivity index (χ1) is 12.0. The number of phenolic OH excluding ortho intramolecular Hbond substituents is 2. The zero-order chi connectivity index (χ0) is 18.0. The van der Waals surface area contributed by atoms with Crippen LogP contribution in [0.4, 0.5) is 0 Å². The van der Waals surface area contributed by atoms with Gasteiger partial charge in [-0.3, -0.25) is 0 Å². The highest BCUT2D eigenvalue weighted by Gasteiger charge is 2.15. The van der Waals surface area contributed by atoms with Crippen LogP contribution in [0.1, 0.15) is 5.82 Å². The standard InChI is InChI=1S/C18H17N3O4/c1-10-19-17(13-6-4-11(24-2)8-15(13)22)21-18(20-10)14-7-5-12(25-3)9-16(14)23/h4-9,22-23H,1-3H3. The lowest BCUT2D eigenvalue weighted by Crippen LogP contribution is -2.00. The van der Waals surface area contributed by atoms with E-state index in [9.17, 15) is 10.2 Å². The van der Waals surface area contributed by atoms with Gasteiger partial charge in [-0.1, -0.05) is 0 Å². The van der Waals surface area contributed by atoms with Crippen LogP contribution in [0.2, 0.25) is 0 Å². The van der Waals surface area contributed by atoms with Gasteiger partial charge in [0.05, 0.1) is 25.3 Å². The van der Waals surface area contributed by atoms with Crippen molar-refractivity contribution < 1.29 is 19.7 Å². The first-order valence-electron chi connectivity index (χ1n) is 7.49. The van der Waals surface area contributed by atoms with Gasteiger partial charge < -0.3 is 19.7 Å². The molecule has 0 unspecified atom stereocenters. The molecule has 7 nitrogen and oxygen atoms in total. The number of ether oxygens (including phenoxy) is 2. The molecule has 3 aromatic rings. The predicted octanol–water partition coefficient (Wildman–Crippen LogP) is 2.94. The number of aromatic nitrogens is 3. The van der Waals surface area contributed by atoms with Gasteiger partial charge in [-0.2, -0.15) is 0 Å². The number of hydrogen-bond donors (Lipinski definition) is 2. The highest BCUT2D eigenvalue weighted by atomic mass is 16.5. The third-order valence-electron chi connectivity index (χ3n) is 3.64. The van der Waals surface area contributed by atoms with E-state index >= 15 is 0 Å². The number of nitrogens with zero attached hydrogens (tertiary/aromatic N) is 3. The van der Waals surface area contributed by atoms with Crippen molar-refractivity contribution in [1.29, 1.82) is 0 Å². The van der Waals surface area contributed by atoms with Crippen molar-refractivity contribution in [3.05, 3.63) is 42.2 Å². The Morgan fingerprint density at radius 1 is 0.720 bits per heavy atom. The molecule has 0 fully saturated rings. The fraction of sp³-hybridized carbons (Fsp3) is 0.167. The fourth-order valence-electron chi connectivity index (χ4n) is 2.38. The number of aryl methyl sites for hydroxylation is 1. The molecule has 0 aliphatic carbocycles. The normalized spacial score (nSPS) is 10.5. The van der Waals surface area contributed by atoms with Gasteiger partial charge in [0, 0.05) is 12.1 Å². The molecule has 0 amide bonds. The summed E-state index contributed by atoms with van der Waals surface area (Å²) in [6, 6.07) is 9.72. The first kappa shape index (κ1) is 16.5. The molecular weight excluding hydrogens is 322 g/mol. The average Bonchev–Trinajstić information content (AvgIpc) is 2.60. The van der Waals surface area contributed by atoms with Gasteiger partial charge in [0.25, 0.3) is 0 Å². The summed E-state index contributed by atoms with van der Waals surface area (Å²) >= 11 is 0. The van der Waals surface area contributed by atoms with Crippen LogP contribution < -0.4 is 9.47 Å². The second-order valence-corrected chi connectivity index (χ2v) is 5.30. The van der Waals surface area contributed by atoms with E-state index in [1.54, 1.807) is 31.2 Å². The van der Waals surface area contributed by atoms with E-state index in [2.05, 4.69) is 15.0 Å². The zero-order valence-corrected chi connectivity index (χ0v) is 14.0. The average molecular weight is 339 g/mol. The van der Waals surface area contributed by atoms with Crippen molar-refractivity contribution in [2.75, 3.05) is 14.2 Å². The molecule has 2 N–H and O–H groups in total. The Labute approximate surface area is 144 Å². The minimum absolute atomic E-state index is 0.00477. The zero-order valence-electron chi connectivity index (χ0n) is 14.0. The molecule has 0 aliphatic heterocycles. The maximum atomic E-state index is 10.2. The van der Waals surface area contributed by atoms with Gasteiger partial charge in [0.15, 0.2) is 11.6 Å². The second-order valence-electron chi connectivity index (χ2n) is 5.30. The lowest BCUT2D eigenvalue weighted by Gasteiger charge is -2.10. The maximum absolute atomic E-state index is 10.2. The van der Waals surface area contributed by atoms with E-state index in [1.165, 1.54) is 26.4 Å². The first-order valence-corrected chi connectivity index (χ1v) is 7.49. The molecule has 25 heavy (non-hydrogen) atoms. The molecule has 0 atom stereocenters. The summed E-state index contributed by atoms with van der Waals surface area (Å²) < 4.78 is 10.2.